The number of anilines is 1. The molecule has 1 aromatic heterocycles. The van der Waals surface area contributed by atoms with Crippen molar-refractivity contribution in [1.29, 1.82) is 0 Å². The van der Waals surface area contributed by atoms with Crippen LogP contribution < -0.4 is 5.32 Å². The van der Waals surface area contributed by atoms with Crippen molar-refractivity contribution in [2.45, 2.75) is 40.2 Å². The number of nitrogens with zero attached hydrogens (tertiary/aromatic N) is 2. The van der Waals surface area contributed by atoms with Gasteiger partial charge in [-0.3, -0.25) is 4.68 Å². The molecule has 92 valence electrons. The van der Waals surface area contributed by atoms with Gasteiger partial charge in [-0.05, 0) is 19.8 Å². The van der Waals surface area contributed by atoms with E-state index >= 15 is 0 Å². The molecule has 16 heavy (non-hydrogen) atoms. The summed E-state index contributed by atoms with van der Waals surface area (Å²) in [4.78, 5) is 0. The SMILES string of the molecule is CCCNc1c(COCCC)c(C)nn1C. The fourth-order valence-corrected chi connectivity index (χ4v) is 1.66. The summed E-state index contributed by atoms with van der Waals surface area (Å²) in [6.07, 6.45) is 2.16. The van der Waals surface area contributed by atoms with Gasteiger partial charge in [-0.15, -0.1) is 0 Å². The number of aromatic nitrogens is 2. The van der Waals surface area contributed by atoms with Gasteiger partial charge in [0.2, 0.25) is 0 Å². The van der Waals surface area contributed by atoms with Crippen LogP contribution in [0.1, 0.15) is 37.9 Å². The van der Waals surface area contributed by atoms with Crippen molar-refractivity contribution >= 4 is 5.82 Å². The fraction of sp³-hybridized carbons (Fsp3) is 0.750. The number of ether oxygens (including phenoxy) is 1. The minimum Gasteiger partial charge on any atom is -0.377 e. The summed E-state index contributed by atoms with van der Waals surface area (Å²) in [5.74, 6) is 1.09. The predicted octanol–water partition coefficient (Wildman–Crippen LogP) is 2.48. The Morgan fingerprint density at radius 1 is 1.31 bits per heavy atom. The lowest BCUT2D eigenvalue weighted by Gasteiger charge is -2.09. The van der Waals surface area contributed by atoms with Gasteiger partial charge < -0.3 is 10.1 Å². The smallest absolute Gasteiger partial charge is 0.129 e. The monoisotopic (exact) mass is 225 g/mol. The molecule has 0 amide bonds. The highest BCUT2D eigenvalue weighted by molar-refractivity contribution is 5.47. The Labute approximate surface area is 98.0 Å². The molecule has 0 aliphatic rings. The van der Waals surface area contributed by atoms with Gasteiger partial charge in [-0.1, -0.05) is 13.8 Å². The van der Waals surface area contributed by atoms with E-state index in [1.807, 2.05) is 18.7 Å². The summed E-state index contributed by atoms with van der Waals surface area (Å²) < 4.78 is 7.49. The van der Waals surface area contributed by atoms with E-state index < -0.39 is 0 Å². The van der Waals surface area contributed by atoms with E-state index in [-0.39, 0.29) is 0 Å². The molecular weight excluding hydrogens is 202 g/mol. The lowest BCUT2D eigenvalue weighted by Crippen LogP contribution is -2.08. The summed E-state index contributed by atoms with van der Waals surface area (Å²) in [5, 5.41) is 7.82. The molecular formula is C12H23N3O. The van der Waals surface area contributed by atoms with Gasteiger partial charge in [0.05, 0.1) is 12.3 Å². The first-order valence-electron chi connectivity index (χ1n) is 6.04. The van der Waals surface area contributed by atoms with Crippen molar-refractivity contribution < 1.29 is 4.74 Å². The van der Waals surface area contributed by atoms with E-state index in [0.29, 0.717) is 6.61 Å². The van der Waals surface area contributed by atoms with Crippen LogP contribution in [0.5, 0.6) is 0 Å². The first-order chi connectivity index (χ1) is 7.70. The highest BCUT2D eigenvalue weighted by atomic mass is 16.5. The van der Waals surface area contributed by atoms with E-state index in [1.165, 1.54) is 5.56 Å². The minimum atomic E-state index is 0.652. The maximum atomic E-state index is 5.59. The Balaban J connectivity index is 2.71. The summed E-state index contributed by atoms with van der Waals surface area (Å²) in [6.45, 7) is 8.73. The normalized spacial score (nSPS) is 10.8. The van der Waals surface area contributed by atoms with Crippen LogP contribution in [0.25, 0.3) is 0 Å². The van der Waals surface area contributed by atoms with Gasteiger partial charge in [0.25, 0.3) is 0 Å². The van der Waals surface area contributed by atoms with Crippen molar-refractivity contribution in [3.8, 4) is 0 Å². The van der Waals surface area contributed by atoms with E-state index in [4.69, 9.17) is 4.74 Å². The fourth-order valence-electron chi connectivity index (χ4n) is 1.66. The average Bonchev–Trinajstić information content (AvgIpc) is 2.52. The molecule has 0 fully saturated rings. The molecule has 1 rings (SSSR count). The lowest BCUT2D eigenvalue weighted by molar-refractivity contribution is 0.121. The van der Waals surface area contributed by atoms with Crippen LogP contribution in [0.2, 0.25) is 0 Å². The molecule has 0 aromatic carbocycles. The zero-order valence-corrected chi connectivity index (χ0v) is 10.8. The number of aryl methyl sites for hydroxylation is 2. The maximum Gasteiger partial charge on any atom is 0.129 e. The largest absolute Gasteiger partial charge is 0.377 e. The van der Waals surface area contributed by atoms with Crippen molar-refractivity contribution in [3.05, 3.63) is 11.3 Å². The van der Waals surface area contributed by atoms with Crippen molar-refractivity contribution in [1.82, 2.24) is 9.78 Å². The Hall–Kier alpha value is -1.03. The van der Waals surface area contributed by atoms with Crippen molar-refractivity contribution in [2.24, 2.45) is 7.05 Å². The number of hydrogen-bond donors (Lipinski definition) is 1. The third kappa shape index (κ3) is 3.23. The molecule has 1 heterocycles. The van der Waals surface area contributed by atoms with E-state index in [0.717, 1.165) is 37.5 Å². The molecule has 1 aromatic rings. The van der Waals surface area contributed by atoms with Gasteiger partial charge in [-0.2, -0.15) is 5.10 Å². The highest BCUT2D eigenvalue weighted by Crippen LogP contribution is 2.19. The molecule has 0 saturated carbocycles. The molecule has 0 atom stereocenters. The first-order valence-corrected chi connectivity index (χ1v) is 6.04. The van der Waals surface area contributed by atoms with Crippen molar-refractivity contribution in [2.75, 3.05) is 18.5 Å². The van der Waals surface area contributed by atoms with E-state index in [2.05, 4.69) is 24.3 Å². The number of hydrogen-bond acceptors (Lipinski definition) is 3. The molecule has 1 N–H and O–H groups in total. The van der Waals surface area contributed by atoms with E-state index in [9.17, 15) is 0 Å². The molecule has 0 aliphatic carbocycles. The zero-order valence-electron chi connectivity index (χ0n) is 10.8. The minimum absolute atomic E-state index is 0.652. The molecule has 0 aliphatic heterocycles. The lowest BCUT2D eigenvalue weighted by atomic mass is 10.2. The third-order valence-corrected chi connectivity index (χ3v) is 2.48. The standard InChI is InChI=1S/C12H23N3O/c1-5-7-13-12-11(9-16-8-6-2)10(3)14-15(12)4/h13H,5-9H2,1-4H3. The topological polar surface area (TPSA) is 39.1 Å². The van der Waals surface area contributed by atoms with Gasteiger partial charge in [0.1, 0.15) is 5.82 Å². The summed E-state index contributed by atoms with van der Waals surface area (Å²) >= 11 is 0. The summed E-state index contributed by atoms with van der Waals surface area (Å²) in [6, 6.07) is 0. The first kappa shape index (κ1) is 13.0. The van der Waals surface area contributed by atoms with E-state index in [1.54, 1.807) is 0 Å². The van der Waals surface area contributed by atoms with Crippen LogP contribution in [-0.4, -0.2) is 22.9 Å². The Bertz CT molecular complexity index is 320. The second-order valence-electron chi connectivity index (χ2n) is 4.02. The number of nitrogens with one attached hydrogen (secondary N) is 1. The molecule has 0 bridgehead atoms. The molecule has 0 unspecified atom stereocenters. The molecule has 0 spiro atoms. The molecule has 0 saturated heterocycles. The molecule has 4 nitrogen and oxygen atoms in total. The second kappa shape index (κ2) is 6.53. The summed E-state index contributed by atoms with van der Waals surface area (Å²) in [5.41, 5.74) is 2.24. The average molecular weight is 225 g/mol. The van der Waals surface area contributed by atoms with Crippen LogP contribution >= 0.6 is 0 Å². The highest BCUT2D eigenvalue weighted by Gasteiger charge is 2.12. The van der Waals surface area contributed by atoms with Crippen LogP contribution in [-0.2, 0) is 18.4 Å². The molecule has 4 heteroatoms. The Kier molecular flexibility index (Phi) is 5.32. The van der Waals surface area contributed by atoms with Crippen LogP contribution in [0.15, 0.2) is 0 Å². The van der Waals surface area contributed by atoms with Crippen molar-refractivity contribution in [3.63, 3.8) is 0 Å². The Morgan fingerprint density at radius 2 is 2.06 bits per heavy atom. The van der Waals surface area contributed by atoms with Gasteiger partial charge in [-0.25, -0.2) is 0 Å². The van der Waals surface area contributed by atoms with Crippen LogP contribution in [0.4, 0.5) is 5.82 Å². The van der Waals surface area contributed by atoms with Crippen LogP contribution in [0, 0.1) is 6.92 Å². The zero-order chi connectivity index (χ0) is 12.0. The predicted molar refractivity (Wildman–Crippen MR) is 66.7 cm³/mol. The van der Waals surface area contributed by atoms with Gasteiger partial charge >= 0.3 is 0 Å². The molecule has 0 radical (unpaired) electrons. The number of rotatable bonds is 7. The van der Waals surface area contributed by atoms with Crippen LogP contribution in [0.3, 0.4) is 0 Å². The second-order valence-corrected chi connectivity index (χ2v) is 4.02. The van der Waals surface area contributed by atoms with Gasteiger partial charge in [0.15, 0.2) is 0 Å². The van der Waals surface area contributed by atoms with Gasteiger partial charge in [0, 0.05) is 25.8 Å². The maximum absolute atomic E-state index is 5.59. The quantitative estimate of drug-likeness (QED) is 0.725. The summed E-state index contributed by atoms with van der Waals surface area (Å²) in [7, 11) is 1.97. The third-order valence-electron chi connectivity index (χ3n) is 2.48. The Morgan fingerprint density at radius 3 is 2.69 bits per heavy atom.